The van der Waals surface area contributed by atoms with Gasteiger partial charge in [-0.1, -0.05) is 188 Å². The predicted molar refractivity (Wildman–Crippen MR) is 281 cm³/mol. The summed E-state index contributed by atoms with van der Waals surface area (Å²) >= 11 is 1.79. The first-order chi connectivity index (χ1) is 34.2. The van der Waals surface area contributed by atoms with Gasteiger partial charge < -0.3 is 9.47 Å². The largest absolute Gasteiger partial charge is 0.450 e. The summed E-state index contributed by atoms with van der Waals surface area (Å²) < 4.78 is 15.3. The van der Waals surface area contributed by atoms with Gasteiger partial charge in [-0.15, -0.1) is 11.3 Å². The average molecular weight is 903 g/mol. The molecule has 0 spiro atoms. The second kappa shape index (κ2) is 17.0. The second-order valence-electron chi connectivity index (χ2n) is 16.9. The van der Waals surface area contributed by atoms with Gasteiger partial charge in [0.25, 0.3) is 0 Å². The Labute approximate surface area is 402 Å². The molecular formula is C62H38N4O2S. The van der Waals surface area contributed by atoms with E-state index in [1.54, 1.807) is 11.3 Å². The lowest BCUT2D eigenvalue weighted by Crippen LogP contribution is -2.02. The molecular weight excluding hydrogens is 865 g/mol. The fraction of sp³-hybridized carbons (Fsp3) is 0. The molecule has 0 saturated carbocycles. The second-order valence-corrected chi connectivity index (χ2v) is 17.9. The highest BCUT2D eigenvalue weighted by Gasteiger charge is 2.26. The molecule has 0 amide bonds. The molecule has 69 heavy (non-hydrogen) atoms. The SMILES string of the molecule is c1ccc(-c2cc(-c3ccc(-c4ccc5c(c4)Oc4ccccc4O5)c(-c4cc(-c5cccc6c5sc5ccccc56)nc(-c5ccccc5)n4)c3-c3ccccc3)nc(-c3ccccc3)n2)cc1. The Bertz CT molecular complexity index is 3840. The summed E-state index contributed by atoms with van der Waals surface area (Å²) in [6, 6.07) is 79.0. The van der Waals surface area contributed by atoms with Crippen molar-refractivity contribution in [1.82, 2.24) is 19.9 Å². The van der Waals surface area contributed by atoms with Gasteiger partial charge in [-0.2, -0.15) is 0 Å². The summed E-state index contributed by atoms with van der Waals surface area (Å²) in [7, 11) is 0. The van der Waals surface area contributed by atoms with E-state index in [0.29, 0.717) is 34.6 Å². The van der Waals surface area contributed by atoms with Gasteiger partial charge in [0.15, 0.2) is 34.6 Å². The molecule has 0 atom stereocenters. The number of para-hydroxylation sites is 2. The van der Waals surface area contributed by atoms with Crippen molar-refractivity contribution in [3.05, 3.63) is 231 Å². The van der Waals surface area contributed by atoms with Crippen molar-refractivity contribution in [1.29, 1.82) is 0 Å². The number of hydrogen-bond acceptors (Lipinski definition) is 7. The first kappa shape index (κ1) is 40.3. The van der Waals surface area contributed by atoms with Crippen LogP contribution in [0.1, 0.15) is 0 Å². The Kier molecular flexibility index (Phi) is 9.91. The molecule has 1 aliphatic heterocycles. The van der Waals surface area contributed by atoms with Crippen LogP contribution in [0.2, 0.25) is 0 Å². The number of benzene rings is 9. The number of ether oxygens (including phenoxy) is 2. The third-order valence-corrected chi connectivity index (χ3v) is 13.8. The van der Waals surface area contributed by atoms with Crippen LogP contribution >= 0.6 is 11.3 Å². The molecule has 0 fully saturated rings. The number of fused-ring (bicyclic) bond motifs is 5. The molecule has 0 unspecified atom stereocenters. The maximum atomic E-state index is 6.56. The fourth-order valence-electron chi connectivity index (χ4n) is 9.36. The normalized spacial score (nSPS) is 11.7. The van der Waals surface area contributed by atoms with E-state index in [4.69, 9.17) is 29.4 Å². The van der Waals surface area contributed by atoms with Crippen LogP contribution in [0.5, 0.6) is 23.0 Å². The van der Waals surface area contributed by atoms with E-state index in [2.05, 4.69) is 146 Å². The van der Waals surface area contributed by atoms with E-state index in [9.17, 15) is 0 Å². The molecule has 1 aliphatic rings. The number of thiophene rings is 1. The number of hydrogen-bond donors (Lipinski definition) is 0. The number of nitrogens with zero attached hydrogens (tertiary/aromatic N) is 4. The Morgan fingerprint density at radius 1 is 0.290 bits per heavy atom. The lowest BCUT2D eigenvalue weighted by molar-refractivity contribution is 0.360. The van der Waals surface area contributed by atoms with Gasteiger partial charge in [0, 0.05) is 59.1 Å². The minimum Gasteiger partial charge on any atom is -0.450 e. The monoisotopic (exact) mass is 902 g/mol. The van der Waals surface area contributed by atoms with Crippen molar-refractivity contribution in [3.63, 3.8) is 0 Å². The standard InChI is InChI=1S/C62H38N4O2S/c1-5-18-39(19-6-1)49-37-50(64-61(63-49)41-22-9-3-10-23-41)47-34-33-44(43-32-35-55-56(36-43)68-54-30-15-14-29-53(54)67-55)59(58(47)40-20-7-2-8-21-40)52-38-51(65-62(66-52)42-24-11-4-12-25-42)48-28-17-27-46-45-26-13-16-31-57(45)69-60(46)48/h1-38H. The third kappa shape index (κ3) is 7.38. The molecule has 6 nitrogen and oxygen atoms in total. The number of aromatic nitrogens is 4. The molecule has 324 valence electrons. The highest BCUT2D eigenvalue weighted by atomic mass is 32.1. The van der Waals surface area contributed by atoms with Crippen molar-refractivity contribution in [2.75, 3.05) is 0 Å². The molecule has 4 heterocycles. The molecule has 0 N–H and O–H groups in total. The highest BCUT2D eigenvalue weighted by molar-refractivity contribution is 7.26. The summed E-state index contributed by atoms with van der Waals surface area (Å²) in [4.78, 5) is 21.6. The van der Waals surface area contributed by atoms with Crippen LogP contribution in [0.25, 0.3) is 110 Å². The molecule has 12 aromatic rings. The molecule has 0 bridgehead atoms. The fourth-order valence-corrected chi connectivity index (χ4v) is 10.6. The lowest BCUT2D eigenvalue weighted by atomic mass is 9.85. The van der Waals surface area contributed by atoms with Gasteiger partial charge in [0.05, 0.1) is 22.8 Å². The molecule has 13 rings (SSSR count). The van der Waals surface area contributed by atoms with Crippen molar-refractivity contribution in [2.45, 2.75) is 0 Å². The molecule has 7 heteroatoms. The Hall–Kier alpha value is -9.04. The zero-order valence-corrected chi connectivity index (χ0v) is 37.8. The van der Waals surface area contributed by atoms with Crippen LogP contribution in [0.15, 0.2) is 231 Å². The third-order valence-electron chi connectivity index (χ3n) is 12.6. The summed E-state index contributed by atoms with van der Waals surface area (Å²) in [5, 5.41) is 2.43. The maximum absolute atomic E-state index is 6.56. The van der Waals surface area contributed by atoms with Gasteiger partial charge in [-0.05, 0) is 59.2 Å². The minimum absolute atomic E-state index is 0.620. The quantitative estimate of drug-likeness (QED) is 0.151. The van der Waals surface area contributed by atoms with Crippen molar-refractivity contribution in [2.24, 2.45) is 0 Å². The average Bonchev–Trinajstić information content (AvgIpc) is 3.82. The van der Waals surface area contributed by atoms with E-state index in [1.165, 1.54) is 20.2 Å². The number of rotatable bonds is 8. The van der Waals surface area contributed by atoms with E-state index in [0.717, 1.165) is 78.4 Å². The van der Waals surface area contributed by atoms with E-state index in [1.807, 2.05) is 84.9 Å². The van der Waals surface area contributed by atoms with Gasteiger partial charge in [-0.25, -0.2) is 19.9 Å². The van der Waals surface area contributed by atoms with Gasteiger partial charge in [0.1, 0.15) is 0 Å². The predicted octanol–water partition coefficient (Wildman–Crippen LogP) is 16.9. The topological polar surface area (TPSA) is 70.0 Å². The minimum atomic E-state index is 0.620. The summed E-state index contributed by atoms with van der Waals surface area (Å²) in [6.07, 6.45) is 0. The van der Waals surface area contributed by atoms with Crippen LogP contribution in [0.3, 0.4) is 0 Å². The van der Waals surface area contributed by atoms with E-state index in [-0.39, 0.29) is 0 Å². The van der Waals surface area contributed by atoms with Crippen LogP contribution in [-0.2, 0) is 0 Å². The van der Waals surface area contributed by atoms with Crippen molar-refractivity contribution in [3.8, 4) is 113 Å². The molecule has 0 aliphatic carbocycles. The molecule has 0 radical (unpaired) electrons. The van der Waals surface area contributed by atoms with E-state index >= 15 is 0 Å². The molecule has 9 aromatic carbocycles. The zero-order chi connectivity index (χ0) is 45.7. The van der Waals surface area contributed by atoms with Crippen LogP contribution < -0.4 is 9.47 Å². The van der Waals surface area contributed by atoms with Gasteiger partial charge in [0.2, 0.25) is 0 Å². The smallest absolute Gasteiger partial charge is 0.170 e. The van der Waals surface area contributed by atoms with Crippen LogP contribution in [-0.4, -0.2) is 19.9 Å². The van der Waals surface area contributed by atoms with E-state index < -0.39 is 0 Å². The van der Waals surface area contributed by atoms with Crippen LogP contribution in [0, 0.1) is 0 Å². The van der Waals surface area contributed by atoms with Crippen LogP contribution in [0.4, 0.5) is 0 Å². The Morgan fingerprint density at radius 2 is 0.797 bits per heavy atom. The molecule has 0 saturated heterocycles. The maximum Gasteiger partial charge on any atom is 0.170 e. The Balaban J connectivity index is 1.13. The molecule has 3 aromatic heterocycles. The zero-order valence-electron chi connectivity index (χ0n) is 37.0. The van der Waals surface area contributed by atoms with Crippen molar-refractivity contribution < 1.29 is 9.47 Å². The van der Waals surface area contributed by atoms with Gasteiger partial charge >= 0.3 is 0 Å². The lowest BCUT2D eigenvalue weighted by Gasteiger charge is -2.23. The van der Waals surface area contributed by atoms with Crippen molar-refractivity contribution >= 4 is 31.5 Å². The summed E-state index contributed by atoms with van der Waals surface area (Å²) in [6.45, 7) is 0. The highest BCUT2D eigenvalue weighted by Crippen LogP contribution is 2.51. The summed E-state index contributed by atoms with van der Waals surface area (Å²) in [5.74, 6) is 3.88. The van der Waals surface area contributed by atoms with Gasteiger partial charge in [-0.3, -0.25) is 0 Å². The Morgan fingerprint density at radius 3 is 1.49 bits per heavy atom. The first-order valence-corrected chi connectivity index (χ1v) is 23.7. The summed E-state index contributed by atoms with van der Waals surface area (Å²) in [5.41, 5.74) is 12.8. The first-order valence-electron chi connectivity index (χ1n) is 22.9.